The van der Waals surface area contributed by atoms with Gasteiger partial charge in [-0.2, -0.15) is 0 Å². The molecule has 80 valence electrons. The van der Waals surface area contributed by atoms with Crippen molar-refractivity contribution >= 4 is 11.6 Å². The summed E-state index contributed by atoms with van der Waals surface area (Å²) in [6, 6.07) is 10.6. The third kappa shape index (κ3) is 3.08. The van der Waals surface area contributed by atoms with Crippen molar-refractivity contribution in [2.45, 2.75) is 13.0 Å². The van der Waals surface area contributed by atoms with E-state index in [1.807, 2.05) is 0 Å². The lowest BCUT2D eigenvalue weighted by Gasteiger charge is -2.25. The van der Waals surface area contributed by atoms with Crippen molar-refractivity contribution in [3.8, 4) is 0 Å². The molecule has 1 aromatic rings. The molecule has 1 nitrogen and oxygen atoms in total. The highest BCUT2D eigenvalue weighted by molar-refractivity contribution is 6.19. The minimum Gasteiger partial charge on any atom is -0.295 e. The van der Waals surface area contributed by atoms with E-state index in [1.165, 1.54) is 11.1 Å². The molecule has 0 atom stereocenters. The number of benzene rings is 1. The van der Waals surface area contributed by atoms with Crippen LogP contribution in [0, 0.1) is 0 Å². The number of halogens is 1. The fourth-order valence-electron chi connectivity index (χ4n) is 1.86. The average molecular weight is 222 g/mol. The van der Waals surface area contributed by atoms with E-state index in [2.05, 4.69) is 41.3 Å². The molecular weight excluding hydrogens is 206 g/mol. The topological polar surface area (TPSA) is 3.24 Å². The van der Waals surface area contributed by atoms with Crippen LogP contribution in [-0.4, -0.2) is 23.9 Å². The fourth-order valence-corrected chi connectivity index (χ4v) is 2.10. The van der Waals surface area contributed by atoms with Gasteiger partial charge in [0.2, 0.25) is 0 Å². The summed E-state index contributed by atoms with van der Waals surface area (Å²) in [7, 11) is 0. The first-order valence-electron chi connectivity index (χ1n) is 5.38. The highest BCUT2D eigenvalue weighted by Gasteiger charge is 2.10. The summed E-state index contributed by atoms with van der Waals surface area (Å²) in [6.45, 7) is 3.22. The van der Waals surface area contributed by atoms with Crippen LogP contribution in [0.5, 0.6) is 0 Å². The molecule has 0 unspecified atom stereocenters. The van der Waals surface area contributed by atoms with Gasteiger partial charge in [-0.3, -0.25) is 4.90 Å². The number of hydrogen-bond acceptors (Lipinski definition) is 1. The largest absolute Gasteiger partial charge is 0.295 e. The Morgan fingerprint density at radius 2 is 2.00 bits per heavy atom. The van der Waals surface area contributed by atoms with Gasteiger partial charge in [-0.1, -0.05) is 42.0 Å². The zero-order chi connectivity index (χ0) is 10.5. The Hall–Kier alpha value is -0.790. The van der Waals surface area contributed by atoms with Crippen molar-refractivity contribution < 1.29 is 0 Å². The Bertz CT molecular complexity index is 332. The Morgan fingerprint density at radius 1 is 1.20 bits per heavy atom. The van der Waals surface area contributed by atoms with Gasteiger partial charge in [0.15, 0.2) is 0 Å². The Balaban J connectivity index is 1.90. The fraction of sp³-hybridized carbons (Fsp3) is 0.385. The summed E-state index contributed by atoms with van der Waals surface area (Å²) in [6.07, 6.45) is 3.38. The summed E-state index contributed by atoms with van der Waals surface area (Å²) in [5.41, 5.74) is 2.78. The summed E-state index contributed by atoms with van der Waals surface area (Å²) in [4.78, 5) is 2.45. The summed E-state index contributed by atoms with van der Waals surface area (Å²) in [5, 5.41) is 0. The zero-order valence-electron chi connectivity index (χ0n) is 8.82. The maximum Gasteiger partial charge on any atom is 0.0434 e. The third-order valence-electron chi connectivity index (χ3n) is 2.81. The van der Waals surface area contributed by atoms with Crippen LogP contribution >= 0.6 is 11.6 Å². The molecule has 0 bridgehead atoms. The van der Waals surface area contributed by atoms with Gasteiger partial charge in [-0.05, 0) is 12.0 Å². The molecule has 0 aliphatic carbocycles. The number of hydrogen-bond donors (Lipinski definition) is 0. The lowest BCUT2D eigenvalue weighted by molar-refractivity contribution is 0.286. The lowest BCUT2D eigenvalue weighted by atomic mass is 10.1. The zero-order valence-corrected chi connectivity index (χ0v) is 9.58. The molecule has 0 saturated heterocycles. The summed E-state index contributed by atoms with van der Waals surface area (Å²) in [5.74, 6) is 0.694. The number of alkyl halides is 1. The van der Waals surface area contributed by atoms with E-state index in [0.717, 1.165) is 26.1 Å². The monoisotopic (exact) mass is 221 g/mol. The van der Waals surface area contributed by atoms with Crippen LogP contribution in [0.4, 0.5) is 0 Å². The molecule has 1 aliphatic rings. The number of nitrogens with zero attached hydrogens (tertiary/aromatic N) is 1. The van der Waals surface area contributed by atoms with Crippen molar-refractivity contribution in [2.24, 2.45) is 0 Å². The predicted octanol–water partition coefficient (Wildman–Crippen LogP) is 3.06. The molecule has 1 aliphatic heterocycles. The quantitative estimate of drug-likeness (QED) is 0.560. The van der Waals surface area contributed by atoms with Crippen LogP contribution in [-0.2, 0) is 6.54 Å². The van der Waals surface area contributed by atoms with Crippen LogP contribution in [0.3, 0.4) is 0 Å². The number of rotatable bonds is 3. The first-order valence-corrected chi connectivity index (χ1v) is 5.92. The highest BCUT2D eigenvalue weighted by Crippen LogP contribution is 2.14. The molecule has 0 fully saturated rings. The molecule has 0 amide bonds. The lowest BCUT2D eigenvalue weighted by Crippen LogP contribution is -2.28. The van der Waals surface area contributed by atoms with Gasteiger partial charge in [0, 0.05) is 25.5 Å². The van der Waals surface area contributed by atoms with Crippen LogP contribution in [0.2, 0.25) is 0 Å². The minimum atomic E-state index is 0.694. The van der Waals surface area contributed by atoms with E-state index in [4.69, 9.17) is 11.6 Å². The molecule has 1 aromatic carbocycles. The van der Waals surface area contributed by atoms with E-state index in [0.29, 0.717) is 5.88 Å². The minimum absolute atomic E-state index is 0.694. The molecular formula is C13H16ClN. The smallest absolute Gasteiger partial charge is 0.0434 e. The first kappa shape index (κ1) is 10.7. The molecule has 0 spiro atoms. The van der Waals surface area contributed by atoms with Crippen LogP contribution in [0.1, 0.15) is 12.0 Å². The maximum atomic E-state index is 5.80. The first-order chi connectivity index (χ1) is 7.38. The maximum absolute atomic E-state index is 5.80. The molecule has 2 heteroatoms. The molecule has 0 radical (unpaired) electrons. The second-order valence-corrected chi connectivity index (χ2v) is 4.23. The standard InChI is InChI=1S/C13H16ClN/c14-10-12-6-8-15(9-7-12)11-13-4-2-1-3-5-13/h1-6H,7-11H2. The van der Waals surface area contributed by atoms with Crippen molar-refractivity contribution in [3.05, 3.63) is 47.5 Å². The predicted molar refractivity (Wildman–Crippen MR) is 65.1 cm³/mol. The molecule has 15 heavy (non-hydrogen) atoms. The van der Waals surface area contributed by atoms with E-state index in [-0.39, 0.29) is 0 Å². The van der Waals surface area contributed by atoms with Crippen LogP contribution < -0.4 is 0 Å². The average Bonchev–Trinajstić information content (AvgIpc) is 2.31. The van der Waals surface area contributed by atoms with Crippen LogP contribution in [0.15, 0.2) is 42.0 Å². The Morgan fingerprint density at radius 3 is 2.60 bits per heavy atom. The van der Waals surface area contributed by atoms with Gasteiger partial charge in [0.25, 0.3) is 0 Å². The molecule has 1 heterocycles. The van der Waals surface area contributed by atoms with Crippen molar-refractivity contribution in [1.82, 2.24) is 4.90 Å². The van der Waals surface area contributed by atoms with E-state index < -0.39 is 0 Å². The second kappa shape index (κ2) is 5.34. The van der Waals surface area contributed by atoms with Crippen molar-refractivity contribution in [1.29, 1.82) is 0 Å². The molecule has 0 aromatic heterocycles. The highest BCUT2D eigenvalue weighted by atomic mass is 35.5. The normalized spacial score (nSPS) is 17.5. The molecule has 0 N–H and O–H groups in total. The Labute approximate surface area is 96.4 Å². The molecule has 2 rings (SSSR count). The van der Waals surface area contributed by atoms with Gasteiger partial charge in [0.1, 0.15) is 0 Å². The van der Waals surface area contributed by atoms with Crippen molar-refractivity contribution in [2.75, 3.05) is 19.0 Å². The summed E-state index contributed by atoms with van der Waals surface area (Å²) < 4.78 is 0. The Kier molecular flexibility index (Phi) is 3.81. The SMILES string of the molecule is ClCC1=CCN(Cc2ccccc2)CC1. The van der Waals surface area contributed by atoms with Gasteiger partial charge < -0.3 is 0 Å². The third-order valence-corrected chi connectivity index (χ3v) is 3.15. The van der Waals surface area contributed by atoms with E-state index in [9.17, 15) is 0 Å². The second-order valence-electron chi connectivity index (χ2n) is 3.97. The van der Waals surface area contributed by atoms with Gasteiger partial charge in [-0.15, -0.1) is 11.6 Å². The van der Waals surface area contributed by atoms with Crippen LogP contribution in [0.25, 0.3) is 0 Å². The van der Waals surface area contributed by atoms with Gasteiger partial charge >= 0.3 is 0 Å². The summed E-state index contributed by atoms with van der Waals surface area (Å²) >= 11 is 5.80. The van der Waals surface area contributed by atoms with Gasteiger partial charge in [0.05, 0.1) is 0 Å². The van der Waals surface area contributed by atoms with E-state index >= 15 is 0 Å². The molecule has 0 saturated carbocycles. The van der Waals surface area contributed by atoms with Gasteiger partial charge in [-0.25, -0.2) is 0 Å². The van der Waals surface area contributed by atoms with Crippen molar-refractivity contribution in [3.63, 3.8) is 0 Å². The van der Waals surface area contributed by atoms with E-state index in [1.54, 1.807) is 0 Å².